The summed E-state index contributed by atoms with van der Waals surface area (Å²) in [6.07, 6.45) is 1.69. The molecule has 0 atom stereocenters. The maximum atomic E-state index is 12.5. The molecule has 0 fully saturated rings. The molecule has 0 aromatic heterocycles. The van der Waals surface area contributed by atoms with Crippen LogP contribution in [0.25, 0.3) is 0 Å². The van der Waals surface area contributed by atoms with Crippen molar-refractivity contribution >= 4 is 12.3 Å². The van der Waals surface area contributed by atoms with Crippen molar-refractivity contribution in [1.82, 2.24) is 4.90 Å². The third-order valence-corrected chi connectivity index (χ3v) is 5.15. The maximum Gasteiger partial charge on any atom is 0.436 e. The number of rotatable bonds is 6. The Balaban J connectivity index is 1.36. The minimum absolute atomic E-state index is 0.421. The van der Waals surface area contributed by atoms with Crippen molar-refractivity contribution in [3.05, 3.63) is 83.4 Å². The Hall–Kier alpha value is -4.00. The summed E-state index contributed by atoms with van der Waals surface area (Å²) >= 11 is 0. The van der Waals surface area contributed by atoms with Crippen molar-refractivity contribution in [2.24, 2.45) is 5.16 Å². The summed E-state index contributed by atoms with van der Waals surface area (Å²) in [5, 5.41) is 3.87. The van der Waals surface area contributed by atoms with E-state index in [1.165, 1.54) is 6.21 Å². The number of nitrogens with zero attached hydrogens (tertiary/aromatic N) is 2. The van der Waals surface area contributed by atoms with Crippen LogP contribution in [-0.2, 0) is 17.8 Å². The molecule has 0 saturated heterocycles. The molecular weight excluding hydrogens is 408 g/mol. The van der Waals surface area contributed by atoms with Crippen LogP contribution >= 0.6 is 0 Å². The summed E-state index contributed by atoms with van der Waals surface area (Å²) in [6.45, 7) is 0.960. The van der Waals surface area contributed by atoms with Gasteiger partial charge in [0.25, 0.3) is 0 Å². The number of fused-ring (bicyclic) bond motifs is 1. The van der Waals surface area contributed by atoms with E-state index in [2.05, 4.69) is 5.16 Å². The van der Waals surface area contributed by atoms with Crippen LogP contribution in [0.3, 0.4) is 0 Å². The lowest BCUT2D eigenvalue weighted by atomic mass is 9.99. The van der Waals surface area contributed by atoms with Crippen LogP contribution < -0.4 is 14.2 Å². The van der Waals surface area contributed by atoms with Crippen molar-refractivity contribution < 1.29 is 23.8 Å². The number of amides is 1. The highest BCUT2D eigenvalue weighted by molar-refractivity contribution is 5.80. The molecule has 0 aliphatic carbocycles. The van der Waals surface area contributed by atoms with E-state index in [1.54, 1.807) is 19.1 Å². The molecule has 0 N–H and O–H groups in total. The number of para-hydroxylation sites is 1. The van der Waals surface area contributed by atoms with Crippen molar-refractivity contribution in [3.63, 3.8) is 0 Å². The highest BCUT2D eigenvalue weighted by Gasteiger charge is 2.24. The molecule has 0 saturated carbocycles. The fraction of sp³-hybridized carbons (Fsp3) is 0.200. The molecule has 3 aromatic rings. The number of carbonyl (C=O) groups is 1. The van der Waals surface area contributed by atoms with Crippen LogP contribution in [0.4, 0.5) is 4.79 Å². The van der Waals surface area contributed by atoms with Crippen molar-refractivity contribution in [1.29, 1.82) is 0 Å². The van der Waals surface area contributed by atoms with Crippen LogP contribution in [0.2, 0.25) is 0 Å². The fourth-order valence-corrected chi connectivity index (χ4v) is 3.51. The first-order chi connectivity index (χ1) is 15.7. The molecule has 7 heteroatoms. The van der Waals surface area contributed by atoms with Gasteiger partial charge in [0.2, 0.25) is 0 Å². The Morgan fingerprint density at radius 1 is 0.906 bits per heavy atom. The zero-order chi connectivity index (χ0) is 22.3. The average molecular weight is 432 g/mol. The summed E-state index contributed by atoms with van der Waals surface area (Å²) in [7, 11) is 3.20. The smallest absolute Gasteiger partial charge is 0.436 e. The minimum Gasteiger partial charge on any atom is -0.493 e. The SMILES string of the molecule is COc1cc2c(cc1OC)CN(C(=O)O/N=C/c1cccc(Oc3ccccc3)c1)CC2. The van der Waals surface area contributed by atoms with Crippen LogP contribution in [0.5, 0.6) is 23.0 Å². The molecule has 164 valence electrons. The second kappa shape index (κ2) is 9.87. The molecule has 0 bridgehead atoms. The molecule has 0 spiro atoms. The molecule has 1 heterocycles. The van der Waals surface area contributed by atoms with E-state index in [-0.39, 0.29) is 0 Å². The Labute approximate surface area is 186 Å². The number of hydrogen-bond donors (Lipinski definition) is 0. The first kappa shape index (κ1) is 21.2. The number of ether oxygens (including phenoxy) is 3. The monoisotopic (exact) mass is 432 g/mol. The topological polar surface area (TPSA) is 69.6 Å². The van der Waals surface area contributed by atoms with Crippen LogP contribution in [0.15, 0.2) is 71.9 Å². The van der Waals surface area contributed by atoms with Gasteiger partial charge < -0.3 is 19.1 Å². The maximum absolute atomic E-state index is 12.5. The van der Waals surface area contributed by atoms with Crippen molar-refractivity contribution in [2.75, 3.05) is 20.8 Å². The Kier molecular flexibility index (Phi) is 6.55. The summed E-state index contributed by atoms with van der Waals surface area (Å²) in [6, 6.07) is 20.7. The van der Waals surface area contributed by atoms with Gasteiger partial charge in [-0.05, 0) is 59.5 Å². The predicted molar refractivity (Wildman–Crippen MR) is 121 cm³/mol. The number of oxime groups is 1. The lowest BCUT2D eigenvalue weighted by molar-refractivity contribution is 0.101. The summed E-state index contributed by atoms with van der Waals surface area (Å²) in [5.74, 6) is 2.73. The van der Waals surface area contributed by atoms with Gasteiger partial charge in [-0.1, -0.05) is 35.5 Å². The normalized spacial score (nSPS) is 12.9. The number of hydrogen-bond acceptors (Lipinski definition) is 6. The minimum atomic E-state index is -0.502. The third-order valence-electron chi connectivity index (χ3n) is 5.15. The molecule has 0 unspecified atom stereocenters. The van der Waals surface area contributed by atoms with E-state index in [0.29, 0.717) is 36.8 Å². The standard InChI is InChI=1S/C25H24N2O5/c1-29-23-14-19-11-12-27(17-20(19)15-24(23)30-2)25(28)32-26-16-18-7-6-10-22(13-18)31-21-8-4-3-5-9-21/h3-10,13-16H,11-12,17H2,1-2H3/b26-16+. The first-order valence-electron chi connectivity index (χ1n) is 10.2. The summed E-state index contributed by atoms with van der Waals surface area (Å²) < 4.78 is 16.5. The highest BCUT2D eigenvalue weighted by atomic mass is 16.7. The van der Waals surface area contributed by atoms with Gasteiger partial charge in [-0.2, -0.15) is 0 Å². The molecular formula is C25H24N2O5. The predicted octanol–water partition coefficient (Wildman–Crippen LogP) is 5.02. The molecule has 0 radical (unpaired) electrons. The van der Waals surface area contributed by atoms with Gasteiger partial charge in [0, 0.05) is 13.1 Å². The number of methoxy groups -OCH3 is 2. The molecule has 32 heavy (non-hydrogen) atoms. The van der Waals surface area contributed by atoms with Crippen molar-refractivity contribution in [2.45, 2.75) is 13.0 Å². The van der Waals surface area contributed by atoms with E-state index in [1.807, 2.05) is 66.7 Å². The lowest BCUT2D eigenvalue weighted by Crippen LogP contribution is -2.35. The first-order valence-corrected chi connectivity index (χ1v) is 10.2. The third kappa shape index (κ3) is 5.00. The number of carbonyl (C=O) groups excluding carboxylic acids is 1. The zero-order valence-electron chi connectivity index (χ0n) is 18.0. The Morgan fingerprint density at radius 3 is 2.38 bits per heavy atom. The molecule has 3 aromatic carbocycles. The van der Waals surface area contributed by atoms with E-state index in [0.717, 1.165) is 22.4 Å². The van der Waals surface area contributed by atoms with E-state index in [4.69, 9.17) is 19.0 Å². The summed E-state index contributed by atoms with van der Waals surface area (Å²) in [5.41, 5.74) is 2.89. The van der Waals surface area contributed by atoms with Crippen LogP contribution in [0.1, 0.15) is 16.7 Å². The van der Waals surface area contributed by atoms with E-state index in [9.17, 15) is 4.79 Å². The van der Waals surface area contributed by atoms with E-state index < -0.39 is 6.09 Å². The zero-order valence-corrected chi connectivity index (χ0v) is 18.0. The van der Waals surface area contributed by atoms with Crippen molar-refractivity contribution in [3.8, 4) is 23.0 Å². The highest BCUT2D eigenvalue weighted by Crippen LogP contribution is 2.33. The lowest BCUT2D eigenvalue weighted by Gasteiger charge is -2.27. The molecule has 1 amide bonds. The number of benzene rings is 3. The fourth-order valence-electron chi connectivity index (χ4n) is 3.51. The van der Waals surface area contributed by atoms with Gasteiger partial charge in [0.15, 0.2) is 11.5 Å². The van der Waals surface area contributed by atoms with Gasteiger partial charge in [-0.3, -0.25) is 4.84 Å². The van der Waals surface area contributed by atoms with Crippen LogP contribution in [0, 0.1) is 0 Å². The van der Waals surface area contributed by atoms with Gasteiger partial charge in [0.1, 0.15) is 11.5 Å². The average Bonchev–Trinajstić information content (AvgIpc) is 2.83. The van der Waals surface area contributed by atoms with Gasteiger partial charge >= 0.3 is 6.09 Å². The quantitative estimate of drug-likeness (QED) is 0.311. The Bertz CT molecular complexity index is 1110. The van der Waals surface area contributed by atoms with Gasteiger partial charge in [0.05, 0.1) is 20.4 Å². The van der Waals surface area contributed by atoms with E-state index >= 15 is 0 Å². The second-order valence-electron chi connectivity index (χ2n) is 7.23. The largest absolute Gasteiger partial charge is 0.493 e. The Morgan fingerprint density at radius 2 is 1.62 bits per heavy atom. The van der Waals surface area contributed by atoms with Crippen LogP contribution in [-0.4, -0.2) is 38.0 Å². The molecule has 7 nitrogen and oxygen atoms in total. The molecule has 1 aliphatic rings. The molecule has 1 aliphatic heterocycles. The van der Waals surface area contributed by atoms with Gasteiger partial charge in [-0.25, -0.2) is 4.79 Å². The second-order valence-corrected chi connectivity index (χ2v) is 7.23. The molecule has 4 rings (SSSR count). The summed E-state index contributed by atoms with van der Waals surface area (Å²) in [4.78, 5) is 19.2. The van der Waals surface area contributed by atoms with Gasteiger partial charge in [-0.15, -0.1) is 0 Å².